The van der Waals surface area contributed by atoms with E-state index in [0.717, 1.165) is 29.7 Å². The van der Waals surface area contributed by atoms with Gasteiger partial charge in [-0.1, -0.05) is 25.5 Å². The van der Waals surface area contributed by atoms with Crippen LogP contribution in [0.3, 0.4) is 0 Å². The van der Waals surface area contributed by atoms with Crippen molar-refractivity contribution in [3.8, 4) is 11.5 Å². The number of likely N-dealkylation sites (tertiary alicyclic amines) is 1. The number of aliphatic hydroxyl groups is 1. The lowest BCUT2D eigenvalue weighted by Gasteiger charge is -2.25. The van der Waals surface area contributed by atoms with E-state index in [-0.39, 0.29) is 11.3 Å². The highest BCUT2D eigenvalue weighted by Gasteiger charge is 2.45. The van der Waals surface area contributed by atoms with Crippen LogP contribution >= 0.6 is 0 Å². The van der Waals surface area contributed by atoms with Crippen LogP contribution in [0.1, 0.15) is 56.3 Å². The second-order valence-electron chi connectivity index (χ2n) is 7.76. The summed E-state index contributed by atoms with van der Waals surface area (Å²) in [4.78, 5) is 27.5. The number of amides is 1. The Hall–Kier alpha value is -3.28. The third kappa shape index (κ3) is 4.64. The number of carbonyl (C=O) groups is 2. The normalized spacial score (nSPS) is 17.6. The number of aryl methyl sites for hydroxylation is 1. The summed E-state index contributed by atoms with van der Waals surface area (Å²) < 4.78 is 11.1. The Balaban J connectivity index is 2.10. The second kappa shape index (κ2) is 10.4. The number of rotatable bonds is 9. The van der Waals surface area contributed by atoms with Crippen molar-refractivity contribution in [3.63, 3.8) is 0 Å². The minimum absolute atomic E-state index is 0.110. The van der Waals surface area contributed by atoms with E-state index in [4.69, 9.17) is 9.47 Å². The van der Waals surface area contributed by atoms with Crippen molar-refractivity contribution in [2.45, 2.75) is 46.6 Å². The lowest BCUT2D eigenvalue weighted by molar-refractivity contribution is -0.139. The molecule has 0 bridgehead atoms. The number of ketones is 1. The standard InChI is InChI=1S/C26H31NO5/c1-5-8-15-27-23(18-9-12-20(13-10-18)31-6-2)22(25(29)26(27)30)24(28)19-11-14-21(32-7-3)17(4)16-19/h9-14,16,23,28H,5-8,15H2,1-4H3/b24-22-. The van der Waals surface area contributed by atoms with Crippen molar-refractivity contribution in [1.29, 1.82) is 0 Å². The van der Waals surface area contributed by atoms with Gasteiger partial charge in [-0.3, -0.25) is 9.59 Å². The van der Waals surface area contributed by atoms with E-state index in [9.17, 15) is 14.7 Å². The Labute approximate surface area is 189 Å². The molecule has 6 heteroatoms. The van der Waals surface area contributed by atoms with Crippen LogP contribution in [0.2, 0.25) is 0 Å². The first-order valence-corrected chi connectivity index (χ1v) is 11.2. The van der Waals surface area contributed by atoms with Gasteiger partial charge in [0.05, 0.1) is 24.8 Å². The summed E-state index contributed by atoms with van der Waals surface area (Å²) in [5, 5.41) is 11.2. The van der Waals surface area contributed by atoms with E-state index in [2.05, 4.69) is 0 Å². The minimum Gasteiger partial charge on any atom is -0.507 e. The second-order valence-corrected chi connectivity index (χ2v) is 7.76. The van der Waals surface area contributed by atoms with Gasteiger partial charge in [0.15, 0.2) is 0 Å². The fourth-order valence-corrected chi connectivity index (χ4v) is 3.97. The number of nitrogens with zero attached hydrogens (tertiary/aromatic N) is 1. The summed E-state index contributed by atoms with van der Waals surface area (Å²) in [6.45, 7) is 9.25. The number of unbranched alkanes of at least 4 members (excludes halogenated alkanes) is 1. The molecule has 1 unspecified atom stereocenters. The SMILES string of the molecule is CCCCN1C(=O)C(=O)/C(=C(\O)c2ccc(OCC)c(C)c2)C1c1ccc(OCC)cc1. The van der Waals surface area contributed by atoms with E-state index >= 15 is 0 Å². The topological polar surface area (TPSA) is 76.1 Å². The van der Waals surface area contributed by atoms with Gasteiger partial charge >= 0.3 is 0 Å². The van der Waals surface area contributed by atoms with Gasteiger partial charge in [-0.15, -0.1) is 0 Å². The molecule has 3 rings (SSSR count). The van der Waals surface area contributed by atoms with Crippen LogP contribution in [0.15, 0.2) is 48.0 Å². The van der Waals surface area contributed by atoms with Crippen LogP contribution in [-0.2, 0) is 9.59 Å². The molecule has 2 aromatic carbocycles. The van der Waals surface area contributed by atoms with Gasteiger partial charge in [-0.2, -0.15) is 0 Å². The molecule has 170 valence electrons. The summed E-state index contributed by atoms with van der Waals surface area (Å²) in [5.41, 5.74) is 2.19. The van der Waals surface area contributed by atoms with E-state index in [1.165, 1.54) is 0 Å². The van der Waals surface area contributed by atoms with Crippen molar-refractivity contribution in [1.82, 2.24) is 4.90 Å². The molecule has 1 atom stereocenters. The summed E-state index contributed by atoms with van der Waals surface area (Å²) >= 11 is 0. The molecule has 1 heterocycles. The minimum atomic E-state index is -0.663. The molecule has 1 aliphatic rings. The number of aliphatic hydroxyl groups excluding tert-OH is 1. The highest BCUT2D eigenvalue weighted by atomic mass is 16.5. The molecule has 0 aromatic heterocycles. The van der Waals surface area contributed by atoms with Crippen LogP contribution in [0, 0.1) is 6.92 Å². The number of hydrogen-bond acceptors (Lipinski definition) is 5. The number of hydrogen-bond donors (Lipinski definition) is 1. The molecule has 2 aromatic rings. The molecule has 1 amide bonds. The van der Waals surface area contributed by atoms with Crippen molar-refractivity contribution < 1.29 is 24.2 Å². The molecule has 6 nitrogen and oxygen atoms in total. The predicted molar refractivity (Wildman–Crippen MR) is 124 cm³/mol. The van der Waals surface area contributed by atoms with Gasteiger partial charge in [-0.05, 0) is 68.7 Å². The Morgan fingerprint density at radius 3 is 2.28 bits per heavy atom. The third-order valence-electron chi connectivity index (χ3n) is 5.55. The number of benzene rings is 2. The summed E-state index contributed by atoms with van der Waals surface area (Å²) in [6.07, 6.45) is 1.65. The number of ether oxygens (including phenoxy) is 2. The summed E-state index contributed by atoms with van der Waals surface area (Å²) in [5.74, 6) is 0.0114. The van der Waals surface area contributed by atoms with Crippen molar-refractivity contribution in [2.24, 2.45) is 0 Å². The largest absolute Gasteiger partial charge is 0.507 e. The molecular formula is C26H31NO5. The van der Waals surface area contributed by atoms with Gasteiger partial charge in [0.25, 0.3) is 11.7 Å². The maximum absolute atomic E-state index is 13.0. The Kier molecular flexibility index (Phi) is 7.57. The molecule has 1 aliphatic heterocycles. The van der Waals surface area contributed by atoms with Crippen molar-refractivity contribution in [3.05, 3.63) is 64.7 Å². The number of carbonyl (C=O) groups excluding carboxylic acids is 2. The maximum atomic E-state index is 13.0. The van der Waals surface area contributed by atoms with Gasteiger partial charge < -0.3 is 19.5 Å². The molecular weight excluding hydrogens is 406 g/mol. The van der Waals surface area contributed by atoms with Gasteiger partial charge in [0.2, 0.25) is 0 Å². The Morgan fingerprint density at radius 1 is 1.00 bits per heavy atom. The first kappa shape index (κ1) is 23.4. The first-order valence-electron chi connectivity index (χ1n) is 11.2. The molecule has 1 saturated heterocycles. The zero-order valence-electron chi connectivity index (χ0n) is 19.2. The van der Waals surface area contributed by atoms with E-state index < -0.39 is 17.7 Å². The lowest BCUT2D eigenvalue weighted by Crippen LogP contribution is -2.30. The lowest BCUT2D eigenvalue weighted by atomic mass is 9.94. The third-order valence-corrected chi connectivity index (χ3v) is 5.55. The monoisotopic (exact) mass is 437 g/mol. The van der Waals surface area contributed by atoms with E-state index in [1.807, 2.05) is 52.0 Å². The Bertz CT molecular complexity index is 1010. The van der Waals surface area contributed by atoms with Crippen molar-refractivity contribution in [2.75, 3.05) is 19.8 Å². The molecule has 0 radical (unpaired) electrons. The molecule has 0 saturated carbocycles. The zero-order valence-corrected chi connectivity index (χ0v) is 19.2. The molecule has 32 heavy (non-hydrogen) atoms. The van der Waals surface area contributed by atoms with E-state index in [1.54, 1.807) is 23.1 Å². The highest BCUT2D eigenvalue weighted by Crippen LogP contribution is 2.40. The maximum Gasteiger partial charge on any atom is 0.295 e. The van der Waals surface area contributed by atoms with Crippen LogP contribution in [0.4, 0.5) is 0 Å². The first-order chi connectivity index (χ1) is 15.4. The average Bonchev–Trinajstić information content (AvgIpc) is 3.04. The zero-order chi connectivity index (χ0) is 23.3. The summed E-state index contributed by atoms with van der Waals surface area (Å²) in [6, 6.07) is 11.9. The van der Waals surface area contributed by atoms with Gasteiger partial charge in [0, 0.05) is 12.1 Å². The molecule has 1 N–H and O–H groups in total. The smallest absolute Gasteiger partial charge is 0.295 e. The highest BCUT2D eigenvalue weighted by molar-refractivity contribution is 6.46. The molecule has 0 aliphatic carbocycles. The van der Waals surface area contributed by atoms with Crippen molar-refractivity contribution >= 4 is 17.4 Å². The molecule has 0 spiro atoms. The fraction of sp³-hybridized carbons (Fsp3) is 0.385. The van der Waals surface area contributed by atoms with Crippen LogP contribution in [-0.4, -0.2) is 41.5 Å². The number of Topliss-reactive ketones (excluding diaryl/α,β-unsaturated/α-hetero) is 1. The van der Waals surface area contributed by atoms with Crippen LogP contribution in [0.5, 0.6) is 11.5 Å². The van der Waals surface area contributed by atoms with Crippen LogP contribution < -0.4 is 9.47 Å². The van der Waals surface area contributed by atoms with Crippen LogP contribution in [0.25, 0.3) is 5.76 Å². The molecule has 1 fully saturated rings. The van der Waals surface area contributed by atoms with Gasteiger partial charge in [-0.25, -0.2) is 0 Å². The summed E-state index contributed by atoms with van der Waals surface area (Å²) in [7, 11) is 0. The quantitative estimate of drug-likeness (QED) is 0.339. The average molecular weight is 438 g/mol. The van der Waals surface area contributed by atoms with Gasteiger partial charge in [0.1, 0.15) is 17.3 Å². The Morgan fingerprint density at radius 2 is 1.69 bits per heavy atom. The fourth-order valence-electron chi connectivity index (χ4n) is 3.97. The predicted octanol–water partition coefficient (Wildman–Crippen LogP) is 5.01. The van der Waals surface area contributed by atoms with E-state index in [0.29, 0.717) is 31.1 Å².